The van der Waals surface area contributed by atoms with Gasteiger partial charge in [0, 0.05) is 10.9 Å². The third-order valence-corrected chi connectivity index (χ3v) is 4.36. The fraction of sp³-hybridized carbons (Fsp3) is 0.267. The van der Waals surface area contributed by atoms with Gasteiger partial charge in [-0.25, -0.2) is 9.37 Å². The Hall–Kier alpha value is -1.39. The van der Waals surface area contributed by atoms with Crippen molar-refractivity contribution in [3.8, 4) is 0 Å². The van der Waals surface area contributed by atoms with Gasteiger partial charge in [0.05, 0.1) is 23.0 Å². The molecule has 0 fully saturated rings. The van der Waals surface area contributed by atoms with Gasteiger partial charge >= 0.3 is 0 Å². The molecule has 0 aliphatic carbocycles. The molecule has 3 aromatic rings. The zero-order valence-corrected chi connectivity index (χ0v) is 12.8. The van der Waals surface area contributed by atoms with Crippen molar-refractivity contribution in [3.05, 3.63) is 51.7 Å². The maximum absolute atomic E-state index is 13.7. The number of benzene rings is 1. The largest absolute Gasteiger partial charge is 0.321 e. The monoisotopic (exact) mass is 308 g/mol. The summed E-state index contributed by atoms with van der Waals surface area (Å²) in [5.74, 6) is 0.548. The quantitative estimate of drug-likeness (QED) is 0.630. The molecule has 0 radical (unpaired) electrons. The lowest BCUT2D eigenvalue weighted by Crippen LogP contribution is -2.04. The van der Waals surface area contributed by atoms with Crippen LogP contribution in [-0.2, 0) is 6.54 Å². The summed E-state index contributed by atoms with van der Waals surface area (Å²) in [5, 5.41) is 1.83. The van der Waals surface area contributed by atoms with E-state index in [9.17, 15) is 4.39 Å². The summed E-state index contributed by atoms with van der Waals surface area (Å²) in [4.78, 5) is 5.72. The lowest BCUT2D eigenvalue weighted by atomic mass is 10.2. The number of thiophene rings is 1. The standard InChI is InChI=1S/C15H14ClFN2S/c1-9-6-14-13(7-12(9)17)18-15(10(2)16)19(14)8-11-4-3-5-20-11/h3-7,10H,8H2,1-2H3. The van der Waals surface area contributed by atoms with E-state index in [1.165, 1.54) is 10.9 Å². The number of rotatable bonds is 3. The average Bonchev–Trinajstić information content (AvgIpc) is 3.00. The normalized spacial score (nSPS) is 13.0. The molecule has 0 bridgehead atoms. The number of alkyl halides is 1. The summed E-state index contributed by atoms with van der Waals surface area (Å²) in [7, 11) is 0. The third kappa shape index (κ3) is 2.34. The molecule has 0 saturated heterocycles. The lowest BCUT2D eigenvalue weighted by Gasteiger charge is -2.09. The lowest BCUT2D eigenvalue weighted by molar-refractivity contribution is 0.620. The van der Waals surface area contributed by atoms with Crippen molar-refractivity contribution < 1.29 is 4.39 Å². The summed E-state index contributed by atoms with van der Waals surface area (Å²) in [6.45, 7) is 4.36. The molecular weight excluding hydrogens is 295 g/mol. The molecule has 2 heterocycles. The molecule has 0 aliphatic rings. The second kappa shape index (κ2) is 5.19. The van der Waals surface area contributed by atoms with E-state index in [2.05, 4.69) is 15.6 Å². The zero-order valence-electron chi connectivity index (χ0n) is 11.2. The van der Waals surface area contributed by atoms with Crippen LogP contribution < -0.4 is 0 Å². The van der Waals surface area contributed by atoms with Crippen LogP contribution in [0.2, 0.25) is 0 Å². The van der Waals surface area contributed by atoms with Crippen molar-refractivity contribution >= 4 is 34.0 Å². The van der Waals surface area contributed by atoms with Crippen molar-refractivity contribution in [3.63, 3.8) is 0 Å². The van der Waals surface area contributed by atoms with Gasteiger partial charge in [0.25, 0.3) is 0 Å². The number of hydrogen-bond donors (Lipinski definition) is 0. The fourth-order valence-electron chi connectivity index (χ4n) is 2.30. The molecule has 0 spiro atoms. The number of hydrogen-bond acceptors (Lipinski definition) is 2. The summed E-state index contributed by atoms with van der Waals surface area (Å²) in [6, 6.07) is 7.43. The van der Waals surface area contributed by atoms with Crippen molar-refractivity contribution in [2.45, 2.75) is 25.8 Å². The highest BCUT2D eigenvalue weighted by atomic mass is 35.5. The molecule has 20 heavy (non-hydrogen) atoms. The number of halogens is 2. The van der Waals surface area contributed by atoms with Gasteiger partial charge < -0.3 is 4.57 Å². The Morgan fingerprint density at radius 2 is 2.25 bits per heavy atom. The predicted molar refractivity (Wildman–Crippen MR) is 82.1 cm³/mol. The van der Waals surface area contributed by atoms with Crippen LogP contribution in [0, 0.1) is 12.7 Å². The highest BCUT2D eigenvalue weighted by Gasteiger charge is 2.16. The Morgan fingerprint density at radius 1 is 1.45 bits per heavy atom. The van der Waals surface area contributed by atoms with Crippen molar-refractivity contribution in [1.29, 1.82) is 0 Å². The minimum absolute atomic E-state index is 0.217. The van der Waals surface area contributed by atoms with Crippen molar-refractivity contribution in [2.75, 3.05) is 0 Å². The van der Waals surface area contributed by atoms with Gasteiger partial charge in [-0.15, -0.1) is 22.9 Å². The van der Waals surface area contributed by atoms with E-state index in [1.807, 2.05) is 24.4 Å². The summed E-state index contributed by atoms with van der Waals surface area (Å²) >= 11 is 7.92. The molecule has 0 N–H and O–H groups in total. The van der Waals surface area contributed by atoms with Crippen LogP contribution in [0.3, 0.4) is 0 Å². The predicted octanol–water partition coefficient (Wildman–Crippen LogP) is 4.89. The van der Waals surface area contributed by atoms with Gasteiger partial charge in [-0.05, 0) is 36.9 Å². The third-order valence-electron chi connectivity index (χ3n) is 3.31. The molecule has 0 aliphatic heterocycles. The fourth-order valence-corrected chi connectivity index (χ4v) is 3.16. The van der Waals surface area contributed by atoms with Crippen LogP contribution in [0.4, 0.5) is 4.39 Å². The maximum Gasteiger partial charge on any atom is 0.128 e. The van der Waals surface area contributed by atoms with E-state index in [4.69, 9.17) is 11.6 Å². The van der Waals surface area contributed by atoms with Crippen molar-refractivity contribution in [2.24, 2.45) is 0 Å². The zero-order chi connectivity index (χ0) is 14.3. The molecule has 2 nitrogen and oxygen atoms in total. The number of imidazole rings is 1. The second-order valence-corrected chi connectivity index (χ2v) is 6.53. The highest BCUT2D eigenvalue weighted by Crippen LogP contribution is 2.28. The first-order chi connectivity index (χ1) is 9.56. The van der Waals surface area contributed by atoms with E-state index >= 15 is 0 Å². The topological polar surface area (TPSA) is 17.8 Å². The van der Waals surface area contributed by atoms with Crippen molar-refractivity contribution in [1.82, 2.24) is 9.55 Å². The van der Waals surface area contributed by atoms with Gasteiger partial charge in [0.15, 0.2) is 0 Å². The van der Waals surface area contributed by atoms with E-state index in [0.29, 0.717) is 17.6 Å². The first-order valence-corrected chi connectivity index (χ1v) is 7.70. The highest BCUT2D eigenvalue weighted by molar-refractivity contribution is 7.09. The van der Waals surface area contributed by atoms with E-state index in [-0.39, 0.29) is 11.2 Å². The number of aryl methyl sites for hydroxylation is 1. The van der Waals surface area contributed by atoms with E-state index in [1.54, 1.807) is 18.3 Å². The Bertz CT molecular complexity index is 747. The van der Waals surface area contributed by atoms with Gasteiger partial charge in [-0.3, -0.25) is 0 Å². The summed E-state index contributed by atoms with van der Waals surface area (Å²) in [5.41, 5.74) is 2.21. The Morgan fingerprint density at radius 3 is 2.90 bits per heavy atom. The summed E-state index contributed by atoms with van der Waals surface area (Å²) in [6.07, 6.45) is 0. The maximum atomic E-state index is 13.7. The first-order valence-electron chi connectivity index (χ1n) is 6.39. The smallest absolute Gasteiger partial charge is 0.128 e. The number of fused-ring (bicyclic) bond motifs is 1. The van der Waals surface area contributed by atoms with Crippen LogP contribution >= 0.6 is 22.9 Å². The van der Waals surface area contributed by atoms with Gasteiger partial charge in [-0.2, -0.15) is 0 Å². The molecule has 2 aromatic heterocycles. The first kappa shape index (κ1) is 13.6. The van der Waals surface area contributed by atoms with Crippen LogP contribution in [-0.4, -0.2) is 9.55 Å². The molecule has 5 heteroatoms. The molecule has 1 unspecified atom stereocenters. The Kier molecular flexibility index (Phi) is 3.52. The Balaban J connectivity index is 2.20. The average molecular weight is 309 g/mol. The molecule has 3 rings (SSSR count). The Labute approximate surface area is 125 Å². The molecule has 0 amide bonds. The molecule has 0 saturated carbocycles. The minimum Gasteiger partial charge on any atom is -0.321 e. The molecule has 1 aromatic carbocycles. The van der Waals surface area contributed by atoms with Gasteiger partial charge in [0.2, 0.25) is 0 Å². The van der Waals surface area contributed by atoms with Crippen LogP contribution in [0.15, 0.2) is 29.6 Å². The molecule has 104 valence electrons. The van der Waals surface area contributed by atoms with E-state index in [0.717, 1.165) is 11.3 Å². The van der Waals surface area contributed by atoms with Gasteiger partial charge in [0.1, 0.15) is 11.6 Å². The second-order valence-electron chi connectivity index (χ2n) is 4.84. The summed E-state index contributed by atoms with van der Waals surface area (Å²) < 4.78 is 15.8. The number of aromatic nitrogens is 2. The number of nitrogens with zero attached hydrogens (tertiary/aromatic N) is 2. The van der Waals surface area contributed by atoms with Crippen LogP contribution in [0.5, 0.6) is 0 Å². The van der Waals surface area contributed by atoms with Crippen LogP contribution in [0.1, 0.15) is 28.6 Å². The van der Waals surface area contributed by atoms with Crippen LogP contribution in [0.25, 0.3) is 11.0 Å². The SMILES string of the molecule is Cc1cc2c(cc1F)nc(C(C)Cl)n2Cc1cccs1. The molecular formula is C15H14ClFN2S. The molecule has 1 atom stereocenters. The van der Waals surface area contributed by atoms with Gasteiger partial charge in [-0.1, -0.05) is 6.07 Å². The minimum atomic E-state index is -0.230. The van der Waals surface area contributed by atoms with E-state index < -0.39 is 0 Å².